The Kier molecular flexibility index (Phi) is 4.85. The van der Waals surface area contributed by atoms with Gasteiger partial charge in [0, 0.05) is 18.8 Å². The molecule has 2 aromatic rings. The Morgan fingerprint density at radius 3 is 2.64 bits per heavy atom. The van der Waals surface area contributed by atoms with Crippen LogP contribution in [0.2, 0.25) is 0 Å². The van der Waals surface area contributed by atoms with Gasteiger partial charge in [-0.1, -0.05) is 24.3 Å². The molecule has 0 aliphatic carbocycles. The van der Waals surface area contributed by atoms with Crippen molar-refractivity contribution in [2.24, 2.45) is 5.73 Å². The predicted octanol–water partition coefficient (Wildman–Crippen LogP) is 2.19. The van der Waals surface area contributed by atoms with Crippen molar-refractivity contribution in [2.45, 2.75) is 26.1 Å². The molecule has 3 rings (SSSR count). The first-order chi connectivity index (χ1) is 12.0. The predicted molar refractivity (Wildman–Crippen MR) is 95.4 cm³/mol. The number of nitrogens with one attached hydrogen (secondary N) is 3. The van der Waals surface area contributed by atoms with E-state index in [1.54, 1.807) is 25.1 Å². The average molecular weight is 340 g/mol. The highest BCUT2D eigenvalue weighted by Gasteiger charge is 2.23. The number of ether oxygens (including phenoxy) is 1. The molecular weight excluding hydrogens is 320 g/mol. The molecule has 0 saturated carbocycles. The normalized spacial score (nSPS) is 15.6. The lowest BCUT2D eigenvalue weighted by Gasteiger charge is -2.23. The molecule has 1 unspecified atom stereocenters. The molecule has 25 heavy (non-hydrogen) atoms. The minimum atomic E-state index is -0.528. The Labute approximate surface area is 145 Å². The second-order valence-electron chi connectivity index (χ2n) is 5.79. The summed E-state index contributed by atoms with van der Waals surface area (Å²) in [5.74, 6) is 0.369. The largest absolute Gasteiger partial charge is 0.479 e. The molecule has 0 aromatic heterocycles. The molecule has 0 bridgehead atoms. The number of anilines is 2. The van der Waals surface area contributed by atoms with Crippen molar-refractivity contribution < 1.29 is 14.3 Å². The van der Waals surface area contributed by atoms with E-state index in [1.807, 2.05) is 24.3 Å². The molecule has 0 radical (unpaired) electrons. The third-order valence-electron chi connectivity index (χ3n) is 3.88. The molecule has 3 amide bonds. The van der Waals surface area contributed by atoms with Gasteiger partial charge in [0.2, 0.25) is 0 Å². The van der Waals surface area contributed by atoms with E-state index >= 15 is 0 Å². The van der Waals surface area contributed by atoms with Gasteiger partial charge in [-0.25, -0.2) is 4.79 Å². The maximum Gasteiger partial charge on any atom is 0.319 e. The number of carbonyl (C=O) groups is 2. The molecule has 5 N–H and O–H groups in total. The molecule has 7 nitrogen and oxygen atoms in total. The standard InChI is InChI=1S/C18H20N4O3/c1-11-17(23)22-15-8-14(6-7-16(15)25-11)21-18(24)20-10-13-4-2-12(9-19)3-5-13/h2-8,11H,9-10,19H2,1H3,(H,22,23)(H2,20,21,24). The summed E-state index contributed by atoms with van der Waals surface area (Å²) in [7, 11) is 0. The molecule has 1 aliphatic heterocycles. The number of urea groups is 1. The zero-order valence-corrected chi connectivity index (χ0v) is 13.8. The number of rotatable bonds is 4. The molecule has 2 aromatic carbocycles. The van der Waals surface area contributed by atoms with Crippen molar-refractivity contribution in [3.05, 3.63) is 53.6 Å². The van der Waals surface area contributed by atoms with Gasteiger partial charge in [-0.15, -0.1) is 0 Å². The van der Waals surface area contributed by atoms with Gasteiger partial charge in [-0.05, 0) is 36.2 Å². The van der Waals surface area contributed by atoms with Crippen LogP contribution >= 0.6 is 0 Å². The van der Waals surface area contributed by atoms with Gasteiger partial charge in [0.15, 0.2) is 6.10 Å². The van der Waals surface area contributed by atoms with E-state index in [4.69, 9.17) is 10.5 Å². The number of hydrogen-bond donors (Lipinski definition) is 4. The third kappa shape index (κ3) is 4.07. The first-order valence-corrected chi connectivity index (χ1v) is 7.99. The maximum atomic E-state index is 12.0. The summed E-state index contributed by atoms with van der Waals surface area (Å²) in [4.78, 5) is 23.7. The summed E-state index contributed by atoms with van der Waals surface area (Å²) in [5, 5.41) is 8.26. The summed E-state index contributed by atoms with van der Waals surface area (Å²) < 4.78 is 5.48. The highest BCUT2D eigenvalue weighted by molar-refractivity contribution is 5.99. The Balaban J connectivity index is 1.57. The molecule has 1 aliphatic rings. The van der Waals surface area contributed by atoms with Crippen molar-refractivity contribution in [1.29, 1.82) is 0 Å². The van der Waals surface area contributed by atoms with Crippen LogP contribution in [0.1, 0.15) is 18.1 Å². The van der Waals surface area contributed by atoms with Crippen LogP contribution in [0.4, 0.5) is 16.2 Å². The SMILES string of the molecule is CC1Oc2ccc(NC(=O)NCc3ccc(CN)cc3)cc2NC1=O. The smallest absolute Gasteiger partial charge is 0.319 e. The third-order valence-corrected chi connectivity index (χ3v) is 3.88. The fourth-order valence-corrected chi connectivity index (χ4v) is 2.44. The van der Waals surface area contributed by atoms with Gasteiger partial charge in [-0.2, -0.15) is 0 Å². The molecule has 130 valence electrons. The first-order valence-electron chi connectivity index (χ1n) is 7.99. The minimum Gasteiger partial charge on any atom is -0.479 e. The Hall–Kier alpha value is -3.06. The van der Waals surface area contributed by atoms with E-state index in [0.29, 0.717) is 30.2 Å². The van der Waals surface area contributed by atoms with E-state index < -0.39 is 6.10 Å². The highest BCUT2D eigenvalue weighted by Crippen LogP contribution is 2.32. The quantitative estimate of drug-likeness (QED) is 0.684. The second-order valence-corrected chi connectivity index (χ2v) is 5.79. The number of hydrogen-bond acceptors (Lipinski definition) is 4. The van der Waals surface area contributed by atoms with Gasteiger partial charge in [-0.3, -0.25) is 4.79 Å². The fourth-order valence-electron chi connectivity index (χ4n) is 2.44. The van der Waals surface area contributed by atoms with Crippen LogP contribution in [0.5, 0.6) is 5.75 Å². The van der Waals surface area contributed by atoms with Gasteiger partial charge >= 0.3 is 6.03 Å². The number of carbonyl (C=O) groups excluding carboxylic acids is 2. The van der Waals surface area contributed by atoms with Gasteiger partial charge in [0.05, 0.1) is 5.69 Å². The molecule has 1 heterocycles. The van der Waals surface area contributed by atoms with Crippen molar-refractivity contribution in [2.75, 3.05) is 10.6 Å². The first kappa shape index (κ1) is 16.8. The number of amides is 3. The lowest BCUT2D eigenvalue weighted by atomic mass is 10.1. The van der Waals surface area contributed by atoms with E-state index in [9.17, 15) is 9.59 Å². The molecule has 0 spiro atoms. The van der Waals surface area contributed by atoms with Crippen LogP contribution in [0.3, 0.4) is 0 Å². The number of nitrogens with two attached hydrogens (primary N) is 1. The van der Waals surface area contributed by atoms with E-state index in [1.165, 1.54) is 0 Å². The average Bonchev–Trinajstić information content (AvgIpc) is 2.61. The Morgan fingerprint density at radius 2 is 1.92 bits per heavy atom. The van der Waals surface area contributed by atoms with E-state index in [2.05, 4.69) is 16.0 Å². The Bertz CT molecular complexity index is 789. The zero-order chi connectivity index (χ0) is 17.8. The van der Waals surface area contributed by atoms with Crippen LogP contribution in [-0.4, -0.2) is 18.0 Å². The molecule has 0 fully saturated rings. The van der Waals surface area contributed by atoms with Crippen LogP contribution < -0.4 is 26.4 Å². The van der Waals surface area contributed by atoms with Gasteiger partial charge in [0.25, 0.3) is 5.91 Å². The van der Waals surface area contributed by atoms with E-state index in [0.717, 1.165) is 11.1 Å². The zero-order valence-electron chi connectivity index (χ0n) is 13.8. The fraction of sp³-hybridized carbons (Fsp3) is 0.222. The molecule has 7 heteroatoms. The summed E-state index contributed by atoms with van der Waals surface area (Å²) in [6, 6.07) is 12.5. The van der Waals surface area contributed by atoms with Gasteiger partial charge < -0.3 is 26.4 Å². The van der Waals surface area contributed by atoms with Gasteiger partial charge in [0.1, 0.15) is 5.75 Å². The summed E-state index contributed by atoms with van der Waals surface area (Å²) in [6.07, 6.45) is -0.528. The van der Waals surface area contributed by atoms with Crippen LogP contribution in [0.15, 0.2) is 42.5 Å². The second kappa shape index (κ2) is 7.23. The molecule has 1 atom stereocenters. The molecule has 0 saturated heterocycles. The highest BCUT2D eigenvalue weighted by atomic mass is 16.5. The monoisotopic (exact) mass is 340 g/mol. The maximum absolute atomic E-state index is 12.0. The van der Waals surface area contributed by atoms with Crippen molar-refractivity contribution >= 4 is 23.3 Å². The van der Waals surface area contributed by atoms with E-state index in [-0.39, 0.29) is 11.9 Å². The summed E-state index contributed by atoms with van der Waals surface area (Å²) >= 11 is 0. The summed E-state index contributed by atoms with van der Waals surface area (Å²) in [6.45, 7) is 2.57. The lowest BCUT2D eigenvalue weighted by molar-refractivity contribution is -0.122. The Morgan fingerprint density at radius 1 is 1.20 bits per heavy atom. The molecular formula is C18H20N4O3. The number of benzene rings is 2. The minimum absolute atomic E-state index is 0.213. The van der Waals surface area contributed by atoms with Crippen LogP contribution in [-0.2, 0) is 17.9 Å². The lowest BCUT2D eigenvalue weighted by Crippen LogP contribution is -2.34. The van der Waals surface area contributed by atoms with Crippen molar-refractivity contribution in [3.8, 4) is 5.75 Å². The van der Waals surface area contributed by atoms with Crippen molar-refractivity contribution in [1.82, 2.24) is 5.32 Å². The topological polar surface area (TPSA) is 105 Å². The van der Waals surface area contributed by atoms with Crippen molar-refractivity contribution in [3.63, 3.8) is 0 Å². The van der Waals surface area contributed by atoms with Crippen LogP contribution in [0.25, 0.3) is 0 Å². The van der Waals surface area contributed by atoms with Crippen LogP contribution in [0, 0.1) is 0 Å². The number of fused-ring (bicyclic) bond motifs is 1. The summed E-state index contributed by atoms with van der Waals surface area (Å²) in [5.41, 5.74) is 8.68.